The van der Waals surface area contributed by atoms with Gasteiger partial charge in [0.15, 0.2) is 0 Å². The highest BCUT2D eigenvalue weighted by atomic mass is 32.1. The molecule has 0 aliphatic rings. The summed E-state index contributed by atoms with van der Waals surface area (Å²) in [6, 6.07) is 6.69. The van der Waals surface area contributed by atoms with Crippen molar-refractivity contribution in [2.75, 3.05) is 0 Å². The van der Waals surface area contributed by atoms with Crippen LogP contribution in [0.4, 0.5) is 4.39 Å². The molecule has 0 atom stereocenters. The van der Waals surface area contributed by atoms with E-state index in [1.165, 1.54) is 10.9 Å². The zero-order chi connectivity index (χ0) is 10.7. The summed E-state index contributed by atoms with van der Waals surface area (Å²) in [5.74, 6) is -0.181. The zero-order valence-corrected chi connectivity index (χ0v) is 9.35. The molecule has 0 unspecified atom stereocenters. The largest absolute Gasteiger partial charge is 0.249 e. The van der Waals surface area contributed by atoms with Gasteiger partial charge in [-0.3, -0.25) is 0 Å². The first kappa shape index (κ1) is 10.3. The fourth-order valence-electron chi connectivity index (χ4n) is 1.41. The molecule has 0 aliphatic carbocycles. The number of nitrogens with zero attached hydrogens (tertiary/aromatic N) is 1. The van der Waals surface area contributed by atoms with Gasteiger partial charge >= 0.3 is 0 Å². The van der Waals surface area contributed by atoms with Gasteiger partial charge in [0.1, 0.15) is 5.82 Å². The fourth-order valence-corrected chi connectivity index (χ4v) is 2.31. The minimum atomic E-state index is -0.181. The minimum Gasteiger partial charge on any atom is -0.249 e. The Morgan fingerprint density at radius 1 is 1.40 bits per heavy atom. The molecule has 0 N–H and O–H groups in total. The molecule has 0 spiro atoms. The van der Waals surface area contributed by atoms with Crippen LogP contribution in [0.15, 0.2) is 30.5 Å². The molecule has 0 amide bonds. The lowest BCUT2D eigenvalue weighted by atomic mass is 10.1. The summed E-state index contributed by atoms with van der Waals surface area (Å²) in [6.45, 7) is 2.11. The maximum absolute atomic E-state index is 12.9. The van der Waals surface area contributed by atoms with Gasteiger partial charge in [-0.15, -0.1) is 11.3 Å². The lowest BCUT2D eigenvalue weighted by molar-refractivity contribution is 0.626. The highest BCUT2D eigenvalue weighted by molar-refractivity contribution is 7.11. The highest BCUT2D eigenvalue weighted by Gasteiger charge is 2.02. The molecular weight excluding hydrogens is 209 g/mol. The van der Waals surface area contributed by atoms with Crippen molar-refractivity contribution in [3.63, 3.8) is 0 Å². The van der Waals surface area contributed by atoms with Gasteiger partial charge in [0, 0.05) is 17.5 Å². The average Bonchev–Trinajstić information content (AvgIpc) is 2.65. The molecular formula is C12H12FNS. The Balaban J connectivity index is 2.14. The fraction of sp³-hybridized carbons (Fsp3) is 0.250. The van der Waals surface area contributed by atoms with Crippen LogP contribution in [0.25, 0.3) is 0 Å². The van der Waals surface area contributed by atoms with Gasteiger partial charge in [-0.2, -0.15) is 0 Å². The Morgan fingerprint density at radius 3 is 2.93 bits per heavy atom. The van der Waals surface area contributed by atoms with E-state index in [-0.39, 0.29) is 5.82 Å². The van der Waals surface area contributed by atoms with Crippen molar-refractivity contribution in [2.24, 2.45) is 0 Å². The van der Waals surface area contributed by atoms with E-state index < -0.39 is 0 Å². The average molecular weight is 221 g/mol. The van der Waals surface area contributed by atoms with Gasteiger partial charge in [0.2, 0.25) is 0 Å². The number of aromatic nitrogens is 1. The maximum atomic E-state index is 12.9. The number of benzene rings is 1. The normalized spacial score (nSPS) is 10.5. The van der Waals surface area contributed by atoms with Crippen molar-refractivity contribution in [2.45, 2.75) is 19.8 Å². The second-order valence-corrected chi connectivity index (χ2v) is 4.58. The molecule has 0 aliphatic heterocycles. The molecule has 0 saturated heterocycles. The van der Waals surface area contributed by atoms with Crippen LogP contribution in [0.1, 0.15) is 22.4 Å². The number of hydrogen-bond acceptors (Lipinski definition) is 2. The quantitative estimate of drug-likeness (QED) is 0.773. The first-order valence-electron chi connectivity index (χ1n) is 4.96. The summed E-state index contributed by atoms with van der Waals surface area (Å²) < 4.78 is 12.9. The molecule has 0 radical (unpaired) electrons. The molecule has 1 heterocycles. The highest BCUT2D eigenvalue weighted by Crippen LogP contribution is 2.17. The Labute approximate surface area is 92.6 Å². The first-order valence-corrected chi connectivity index (χ1v) is 5.77. The smallest absolute Gasteiger partial charge is 0.123 e. The van der Waals surface area contributed by atoms with Gasteiger partial charge in [-0.1, -0.05) is 19.1 Å². The molecule has 3 heteroatoms. The van der Waals surface area contributed by atoms with Crippen LogP contribution in [0.5, 0.6) is 0 Å². The Hall–Kier alpha value is -1.22. The molecule has 0 bridgehead atoms. The summed E-state index contributed by atoms with van der Waals surface area (Å²) in [5, 5.41) is 1.05. The van der Waals surface area contributed by atoms with E-state index in [1.807, 2.05) is 12.3 Å². The maximum Gasteiger partial charge on any atom is 0.123 e. The van der Waals surface area contributed by atoms with Gasteiger partial charge in [-0.25, -0.2) is 9.37 Å². The van der Waals surface area contributed by atoms with Crippen LogP contribution in [-0.2, 0) is 12.8 Å². The number of halogens is 1. The molecule has 1 aromatic heterocycles. The summed E-state index contributed by atoms with van der Waals surface area (Å²) in [5.41, 5.74) is 0.979. The van der Waals surface area contributed by atoms with Gasteiger partial charge in [0.25, 0.3) is 0 Å². The zero-order valence-electron chi connectivity index (χ0n) is 8.53. The summed E-state index contributed by atoms with van der Waals surface area (Å²) >= 11 is 1.70. The predicted molar refractivity (Wildman–Crippen MR) is 60.7 cm³/mol. The van der Waals surface area contributed by atoms with Crippen LogP contribution in [0, 0.1) is 5.82 Å². The van der Waals surface area contributed by atoms with Crippen LogP contribution < -0.4 is 0 Å². The van der Waals surface area contributed by atoms with E-state index in [0.717, 1.165) is 23.4 Å². The molecule has 15 heavy (non-hydrogen) atoms. The monoisotopic (exact) mass is 221 g/mol. The van der Waals surface area contributed by atoms with E-state index in [9.17, 15) is 4.39 Å². The van der Waals surface area contributed by atoms with E-state index >= 15 is 0 Å². The SMILES string of the molecule is CCc1cnc(Cc2cccc(F)c2)s1. The van der Waals surface area contributed by atoms with Crippen LogP contribution in [0.2, 0.25) is 0 Å². The second kappa shape index (κ2) is 4.53. The second-order valence-electron chi connectivity index (χ2n) is 3.38. The van der Waals surface area contributed by atoms with Gasteiger partial charge < -0.3 is 0 Å². The van der Waals surface area contributed by atoms with E-state index in [2.05, 4.69) is 11.9 Å². The van der Waals surface area contributed by atoms with Crippen LogP contribution in [-0.4, -0.2) is 4.98 Å². The summed E-state index contributed by atoms with van der Waals surface area (Å²) in [7, 11) is 0. The van der Waals surface area contributed by atoms with Gasteiger partial charge in [0.05, 0.1) is 5.01 Å². The number of hydrogen-bond donors (Lipinski definition) is 0. The molecule has 1 nitrogen and oxygen atoms in total. The lowest BCUT2D eigenvalue weighted by Gasteiger charge is -1.97. The topological polar surface area (TPSA) is 12.9 Å². The Kier molecular flexibility index (Phi) is 3.11. The van der Waals surface area contributed by atoms with E-state index in [0.29, 0.717) is 0 Å². The third-order valence-electron chi connectivity index (χ3n) is 2.19. The Bertz CT molecular complexity index is 450. The number of rotatable bonds is 3. The van der Waals surface area contributed by atoms with Crippen LogP contribution >= 0.6 is 11.3 Å². The molecule has 2 rings (SSSR count). The molecule has 78 valence electrons. The van der Waals surface area contributed by atoms with Crippen molar-refractivity contribution < 1.29 is 4.39 Å². The van der Waals surface area contributed by atoms with E-state index in [1.54, 1.807) is 23.5 Å². The lowest BCUT2D eigenvalue weighted by Crippen LogP contribution is -1.87. The third-order valence-corrected chi connectivity index (χ3v) is 3.34. The first-order chi connectivity index (χ1) is 7.28. The summed E-state index contributed by atoms with van der Waals surface area (Å²) in [6.07, 6.45) is 3.64. The number of thiazole rings is 1. The predicted octanol–water partition coefficient (Wildman–Crippen LogP) is 3.44. The molecule has 2 aromatic rings. The van der Waals surface area contributed by atoms with Crippen LogP contribution in [0.3, 0.4) is 0 Å². The number of aryl methyl sites for hydroxylation is 1. The molecule has 1 aromatic carbocycles. The van der Waals surface area contributed by atoms with Gasteiger partial charge in [-0.05, 0) is 24.1 Å². The van der Waals surface area contributed by atoms with Crippen molar-refractivity contribution >= 4 is 11.3 Å². The summed E-state index contributed by atoms with van der Waals surface area (Å²) in [4.78, 5) is 5.59. The molecule has 0 saturated carbocycles. The van der Waals surface area contributed by atoms with Crippen molar-refractivity contribution in [1.29, 1.82) is 0 Å². The van der Waals surface area contributed by atoms with Crippen molar-refractivity contribution in [3.05, 3.63) is 51.7 Å². The van der Waals surface area contributed by atoms with Crippen molar-refractivity contribution in [3.8, 4) is 0 Å². The standard InChI is InChI=1S/C12H12FNS/c1-2-11-8-14-12(15-11)7-9-4-3-5-10(13)6-9/h3-6,8H,2,7H2,1H3. The molecule has 0 fully saturated rings. The van der Waals surface area contributed by atoms with Crippen molar-refractivity contribution in [1.82, 2.24) is 4.98 Å². The third kappa shape index (κ3) is 2.63. The Morgan fingerprint density at radius 2 is 2.27 bits per heavy atom. The van der Waals surface area contributed by atoms with E-state index in [4.69, 9.17) is 0 Å². The minimum absolute atomic E-state index is 0.181.